The minimum Gasteiger partial charge on any atom is -0.368 e. The predicted molar refractivity (Wildman–Crippen MR) is 111 cm³/mol. The summed E-state index contributed by atoms with van der Waals surface area (Å²) in [5.41, 5.74) is 1.46. The van der Waals surface area contributed by atoms with Crippen LogP contribution in [0.4, 0.5) is 14.5 Å². The molecule has 1 N–H and O–H groups in total. The first kappa shape index (κ1) is 19.9. The van der Waals surface area contributed by atoms with E-state index in [0.29, 0.717) is 11.8 Å². The third kappa shape index (κ3) is 4.44. The van der Waals surface area contributed by atoms with Gasteiger partial charge in [0.25, 0.3) is 5.91 Å². The number of benzene rings is 2. The second-order valence-electron chi connectivity index (χ2n) is 8.77. The Kier molecular flexibility index (Phi) is 5.57. The van der Waals surface area contributed by atoms with Gasteiger partial charge in [-0.05, 0) is 62.5 Å². The van der Waals surface area contributed by atoms with Crippen LogP contribution in [0.2, 0.25) is 0 Å². The molecular weight excluding hydrogens is 370 g/mol. The van der Waals surface area contributed by atoms with Gasteiger partial charge in [-0.25, -0.2) is 8.78 Å². The molecule has 1 amide bonds. The number of carbonyl (C=O) groups is 1. The number of amides is 1. The summed E-state index contributed by atoms with van der Waals surface area (Å²) in [5, 5.41) is 2.60. The molecule has 5 heteroatoms. The summed E-state index contributed by atoms with van der Waals surface area (Å²) < 4.78 is 28.9. The zero-order valence-corrected chi connectivity index (χ0v) is 17.0. The van der Waals surface area contributed by atoms with Crippen molar-refractivity contribution in [3.63, 3.8) is 0 Å². The maximum absolute atomic E-state index is 14.5. The number of hydrogen-bond acceptors (Lipinski definition) is 2. The summed E-state index contributed by atoms with van der Waals surface area (Å²) in [4.78, 5) is 13.9. The number of nitrogens with zero attached hydrogens (tertiary/aromatic N) is 1. The van der Waals surface area contributed by atoms with Crippen molar-refractivity contribution in [2.24, 2.45) is 11.8 Å². The summed E-state index contributed by atoms with van der Waals surface area (Å²) in [6, 6.07) is 12.7. The number of carbonyl (C=O) groups excluding carboxylic acids is 1. The van der Waals surface area contributed by atoms with Crippen LogP contribution < -0.4 is 10.2 Å². The van der Waals surface area contributed by atoms with Gasteiger partial charge in [-0.2, -0.15) is 0 Å². The quantitative estimate of drug-likeness (QED) is 0.702. The molecule has 4 rings (SSSR count). The molecule has 0 aromatic heterocycles. The van der Waals surface area contributed by atoms with Crippen LogP contribution in [-0.4, -0.2) is 25.0 Å². The fourth-order valence-electron chi connectivity index (χ4n) is 4.37. The van der Waals surface area contributed by atoms with Crippen molar-refractivity contribution in [3.8, 4) is 0 Å². The van der Waals surface area contributed by atoms with E-state index in [1.165, 1.54) is 18.4 Å². The Labute approximate surface area is 171 Å². The second kappa shape index (κ2) is 8.13. The number of nitrogens with one attached hydrogen (secondary N) is 1. The van der Waals surface area contributed by atoms with Crippen molar-refractivity contribution in [2.75, 3.05) is 18.0 Å². The third-order valence-electron chi connectivity index (χ3n) is 6.09. The summed E-state index contributed by atoms with van der Waals surface area (Å²) in [7, 11) is 0. The highest BCUT2D eigenvalue weighted by Gasteiger charge is 2.39. The fourth-order valence-corrected chi connectivity index (χ4v) is 4.37. The minimum atomic E-state index is -0.674. The van der Waals surface area contributed by atoms with Gasteiger partial charge in [0.1, 0.15) is 11.6 Å². The van der Waals surface area contributed by atoms with Gasteiger partial charge < -0.3 is 10.2 Å². The highest BCUT2D eigenvalue weighted by atomic mass is 19.1. The lowest BCUT2D eigenvalue weighted by Crippen LogP contribution is -2.47. The normalized spacial score (nSPS) is 21.2. The fraction of sp³-hybridized carbons (Fsp3) is 0.458. The zero-order valence-electron chi connectivity index (χ0n) is 17.0. The first-order valence-corrected chi connectivity index (χ1v) is 10.5. The third-order valence-corrected chi connectivity index (χ3v) is 6.09. The van der Waals surface area contributed by atoms with Crippen molar-refractivity contribution in [1.82, 2.24) is 5.32 Å². The lowest BCUT2D eigenvalue weighted by atomic mass is 9.92. The molecule has 0 bridgehead atoms. The topological polar surface area (TPSA) is 32.3 Å². The monoisotopic (exact) mass is 398 g/mol. The molecule has 2 aliphatic rings. The maximum Gasteiger partial charge on any atom is 0.254 e. The average Bonchev–Trinajstić information content (AvgIpc) is 3.42. The van der Waals surface area contributed by atoms with Gasteiger partial charge >= 0.3 is 0 Å². The molecule has 1 saturated carbocycles. The predicted octanol–water partition coefficient (Wildman–Crippen LogP) is 5.12. The largest absolute Gasteiger partial charge is 0.368 e. The summed E-state index contributed by atoms with van der Waals surface area (Å²) in [6.07, 6.45) is 3.59. The number of rotatable bonds is 7. The molecule has 29 heavy (non-hydrogen) atoms. The van der Waals surface area contributed by atoms with Crippen molar-refractivity contribution in [3.05, 3.63) is 65.2 Å². The Morgan fingerprint density at radius 1 is 1.10 bits per heavy atom. The number of hydrogen-bond donors (Lipinski definition) is 1. The lowest BCUT2D eigenvalue weighted by Gasteiger charge is -2.41. The van der Waals surface area contributed by atoms with E-state index in [-0.39, 0.29) is 17.3 Å². The van der Waals surface area contributed by atoms with Crippen LogP contribution in [0.5, 0.6) is 0 Å². The van der Waals surface area contributed by atoms with E-state index in [1.807, 2.05) is 4.90 Å². The summed E-state index contributed by atoms with van der Waals surface area (Å²) in [5.74, 6) is 0.194. The van der Waals surface area contributed by atoms with Crippen LogP contribution in [0, 0.1) is 23.5 Å². The SMILES string of the molecule is CC(C)NC(=O)c1cc(F)c(N2CC(CCC3CC3c3ccccc3)C2)cc1F. The molecule has 0 spiro atoms. The molecule has 2 fully saturated rings. The highest BCUT2D eigenvalue weighted by Crippen LogP contribution is 2.50. The van der Waals surface area contributed by atoms with Gasteiger partial charge in [0.15, 0.2) is 0 Å². The van der Waals surface area contributed by atoms with Gasteiger partial charge in [0, 0.05) is 25.2 Å². The summed E-state index contributed by atoms with van der Waals surface area (Å²) >= 11 is 0. The molecule has 2 atom stereocenters. The minimum absolute atomic E-state index is 0.131. The van der Waals surface area contributed by atoms with Crippen molar-refractivity contribution in [2.45, 2.75) is 45.1 Å². The smallest absolute Gasteiger partial charge is 0.254 e. The Hall–Kier alpha value is -2.43. The molecule has 154 valence electrons. The Bertz CT molecular complexity index is 878. The van der Waals surface area contributed by atoms with E-state index < -0.39 is 17.5 Å². The van der Waals surface area contributed by atoms with E-state index in [9.17, 15) is 13.6 Å². The van der Waals surface area contributed by atoms with Gasteiger partial charge in [-0.3, -0.25) is 4.79 Å². The molecule has 2 aromatic carbocycles. The van der Waals surface area contributed by atoms with Crippen LogP contribution in [0.3, 0.4) is 0 Å². The molecule has 1 aliphatic carbocycles. The van der Waals surface area contributed by atoms with E-state index >= 15 is 0 Å². The van der Waals surface area contributed by atoms with Crippen molar-refractivity contribution >= 4 is 11.6 Å². The van der Waals surface area contributed by atoms with Crippen molar-refractivity contribution < 1.29 is 13.6 Å². The lowest BCUT2D eigenvalue weighted by molar-refractivity contribution is 0.0938. The van der Waals surface area contributed by atoms with Crippen LogP contribution in [0.25, 0.3) is 0 Å². The molecule has 1 aliphatic heterocycles. The van der Waals surface area contributed by atoms with E-state index in [1.54, 1.807) is 13.8 Å². The molecule has 2 unspecified atom stereocenters. The summed E-state index contributed by atoms with van der Waals surface area (Å²) in [6.45, 7) is 5.06. The maximum atomic E-state index is 14.5. The zero-order chi connectivity index (χ0) is 20.5. The Morgan fingerprint density at radius 2 is 1.83 bits per heavy atom. The molecule has 3 nitrogen and oxygen atoms in total. The molecule has 1 heterocycles. The van der Waals surface area contributed by atoms with E-state index in [2.05, 4.69) is 35.6 Å². The van der Waals surface area contributed by atoms with Gasteiger partial charge in [-0.1, -0.05) is 30.3 Å². The van der Waals surface area contributed by atoms with Gasteiger partial charge in [0.2, 0.25) is 0 Å². The Balaban J connectivity index is 1.28. The van der Waals surface area contributed by atoms with E-state index in [4.69, 9.17) is 0 Å². The van der Waals surface area contributed by atoms with Crippen LogP contribution in [0.15, 0.2) is 42.5 Å². The molecule has 2 aromatic rings. The van der Waals surface area contributed by atoms with Crippen molar-refractivity contribution in [1.29, 1.82) is 0 Å². The second-order valence-corrected chi connectivity index (χ2v) is 8.77. The van der Waals surface area contributed by atoms with Gasteiger partial charge in [-0.15, -0.1) is 0 Å². The van der Waals surface area contributed by atoms with E-state index in [0.717, 1.165) is 37.6 Å². The highest BCUT2D eigenvalue weighted by molar-refractivity contribution is 5.95. The van der Waals surface area contributed by atoms with Crippen LogP contribution in [-0.2, 0) is 0 Å². The molecule has 0 radical (unpaired) electrons. The number of halogens is 2. The van der Waals surface area contributed by atoms with Crippen LogP contribution in [0.1, 0.15) is 54.9 Å². The Morgan fingerprint density at radius 3 is 2.52 bits per heavy atom. The molecular formula is C24H28F2N2O. The van der Waals surface area contributed by atoms with Gasteiger partial charge in [0.05, 0.1) is 11.3 Å². The number of anilines is 1. The van der Waals surface area contributed by atoms with Crippen LogP contribution >= 0.6 is 0 Å². The standard InChI is InChI=1S/C24H28F2N2O/c1-15(2)27-24(29)20-11-22(26)23(12-21(20)25)28-13-16(14-28)8-9-18-10-19(18)17-6-4-3-5-7-17/h3-7,11-12,15-16,18-19H,8-10,13-14H2,1-2H3,(H,27,29). The average molecular weight is 398 g/mol. The first-order chi connectivity index (χ1) is 13.9. The molecule has 1 saturated heterocycles. The first-order valence-electron chi connectivity index (χ1n) is 10.5.